The van der Waals surface area contributed by atoms with E-state index in [0.29, 0.717) is 12.3 Å². The lowest BCUT2D eigenvalue weighted by atomic mass is 10.4. The second kappa shape index (κ2) is 6.16. The molecule has 1 rings (SSSR count). The minimum Gasteiger partial charge on any atom is -0.477 e. The molecule has 0 amide bonds. The van der Waals surface area contributed by atoms with Crippen molar-refractivity contribution in [1.82, 2.24) is 9.97 Å². The van der Waals surface area contributed by atoms with Gasteiger partial charge in [0.1, 0.15) is 0 Å². The number of aromatic nitrogens is 2. The molecule has 16 heavy (non-hydrogen) atoms. The Kier molecular flexibility index (Phi) is 4.84. The van der Waals surface area contributed by atoms with Crippen molar-refractivity contribution in [3.8, 4) is 0 Å². The molecule has 7 heteroatoms. The highest BCUT2D eigenvalue weighted by atomic mass is 32.2. The molecular weight excluding hydrogens is 230 g/mol. The first kappa shape index (κ1) is 12.6. The number of anilines is 1. The van der Waals surface area contributed by atoms with Gasteiger partial charge >= 0.3 is 5.97 Å². The molecule has 1 unspecified atom stereocenters. The maximum atomic E-state index is 10.8. The molecule has 0 radical (unpaired) electrons. The summed E-state index contributed by atoms with van der Waals surface area (Å²) in [5.74, 6) is -0.201. The Morgan fingerprint density at radius 3 is 3.00 bits per heavy atom. The van der Waals surface area contributed by atoms with Crippen molar-refractivity contribution >= 4 is 22.7 Å². The molecule has 1 aromatic rings. The van der Waals surface area contributed by atoms with Crippen LogP contribution in [0.4, 0.5) is 5.95 Å². The lowest BCUT2D eigenvalue weighted by Crippen LogP contribution is -2.10. The fourth-order valence-electron chi connectivity index (χ4n) is 1.04. The van der Waals surface area contributed by atoms with Crippen LogP contribution in [-0.2, 0) is 10.8 Å². The van der Waals surface area contributed by atoms with Crippen LogP contribution in [0.2, 0.25) is 0 Å². The van der Waals surface area contributed by atoms with Crippen molar-refractivity contribution in [1.29, 1.82) is 0 Å². The van der Waals surface area contributed by atoms with Gasteiger partial charge in [0.05, 0.1) is 0 Å². The van der Waals surface area contributed by atoms with Gasteiger partial charge in [0, 0.05) is 35.5 Å². The third kappa shape index (κ3) is 4.35. The number of rotatable bonds is 6. The van der Waals surface area contributed by atoms with Gasteiger partial charge in [-0.25, -0.2) is 14.8 Å². The summed E-state index contributed by atoms with van der Waals surface area (Å²) in [5, 5.41) is 11.6. The molecule has 0 spiro atoms. The molecule has 1 heterocycles. The summed E-state index contributed by atoms with van der Waals surface area (Å²) in [6, 6.07) is 1.33. The van der Waals surface area contributed by atoms with Gasteiger partial charge in [-0.2, -0.15) is 0 Å². The van der Waals surface area contributed by atoms with Gasteiger partial charge in [0.25, 0.3) is 0 Å². The number of hydrogen-bond donors (Lipinski definition) is 2. The number of carboxylic acid groups (broad SMARTS) is 1. The van der Waals surface area contributed by atoms with E-state index in [1.807, 2.05) is 0 Å². The predicted octanol–water partition coefficient (Wildman–Crippen LogP) is 0.355. The maximum absolute atomic E-state index is 10.8. The minimum atomic E-state index is -1.08. The van der Waals surface area contributed by atoms with E-state index in [9.17, 15) is 9.00 Å². The normalized spacial score (nSPS) is 12.1. The molecule has 0 bridgehead atoms. The highest BCUT2D eigenvalue weighted by molar-refractivity contribution is 7.84. The van der Waals surface area contributed by atoms with Gasteiger partial charge in [0.15, 0.2) is 5.69 Å². The molecule has 0 aliphatic heterocycles. The van der Waals surface area contributed by atoms with Crippen molar-refractivity contribution in [2.75, 3.05) is 23.9 Å². The zero-order valence-corrected chi connectivity index (χ0v) is 9.66. The highest BCUT2D eigenvalue weighted by Gasteiger charge is 2.05. The third-order valence-electron chi connectivity index (χ3n) is 1.77. The van der Waals surface area contributed by atoms with Crippen molar-refractivity contribution in [2.24, 2.45) is 0 Å². The van der Waals surface area contributed by atoms with Gasteiger partial charge in [-0.1, -0.05) is 0 Å². The van der Waals surface area contributed by atoms with Crippen LogP contribution in [0.25, 0.3) is 0 Å². The van der Waals surface area contributed by atoms with Crippen LogP contribution in [0.15, 0.2) is 12.3 Å². The number of nitrogens with one attached hydrogen (secondary N) is 1. The van der Waals surface area contributed by atoms with E-state index >= 15 is 0 Å². The number of carboxylic acids is 1. The monoisotopic (exact) mass is 243 g/mol. The molecule has 0 saturated heterocycles. The van der Waals surface area contributed by atoms with Gasteiger partial charge < -0.3 is 10.4 Å². The fraction of sp³-hybridized carbons (Fsp3) is 0.444. The molecule has 0 saturated carbocycles. The quantitative estimate of drug-likeness (QED) is 0.701. The van der Waals surface area contributed by atoms with Gasteiger partial charge in [0.2, 0.25) is 5.95 Å². The highest BCUT2D eigenvalue weighted by Crippen LogP contribution is 2.00. The zero-order valence-electron chi connectivity index (χ0n) is 8.84. The summed E-state index contributed by atoms with van der Waals surface area (Å²) in [6.45, 7) is 0.572. The molecule has 1 atom stereocenters. The molecule has 2 N–H and O–H groups in total. The Bertz CT molecular complexity index is 397. The molecule has 0 aromatic carbocycles. The Morgan fingerprint density at radius 2 is 2.38 bits per heavy atom. The lowest BCUT2D eigenvalue weighted by molar-refractivity contribution is 0.0690. The van der Waals surface area contributed by atoms with Gasteiger partial charge in [-0.05, 0) is 12.5 Å². The summed E-state index contributed by atoms with van der Waals surface area (Å²) in [6.07, 6.45) is 3.75. The van der Waals surface area contributed by atoms with Crippen LogP contribution < -0.4 is 5.32 Å². The molecular formula is C9H13N3O3S. The molecule has 0 aliphatic rings. The Balaban J connectivity index is 2.45. The smallest absolute Gasteiger partial charge is 0.354 e. The Hall–Kier alpha value is -1.50. The predicted molar refractivity (Wildman–Crippen MR) is 61.0 cm³/mol. The summed E-state index contributed by atoms with van der Waals surface area (Å²) in [5.41, 5.74) is -0.0448. The van der Waals surface area contributed by atoms with Gasteiger partial charge in [-0.3, -0.25) is 4.21 Å². The first-order chi connectivity index (χ1) is 7.59. The number of carbonyl (C=O) groups is 1. The van der Waals surface area contributed by atoms with E-state index in [4.69, 9.17) is 5.11 Å². The number of aromatic carboxylic acids is 1. The number of hydrogen-bond acceptors (Lipinski definition) is 5. The van der Waals surface area contributed by atoms with Crippen molar-refractivity contribution in [2.45, 2.75) is 6.42 Å². The van der Waals surface area contributed by atoms with E-state index in [1.165, 1.54) is 12.3 Å². The molecule has 0 aliphatic carbocycles. The second-order valence-corrected chi connectivity index (χ2v) is 4.68. The van der Waals surface area contributed by atoms with Crippen LogP contribution in [0, 0.1) is 0 Å². The lowest BCUT2D eigenvalue weighted by Gasteiger charge is -2.03. The average molecular weight is 243 g/mol. The first-order valence-corrected chi connectivity index (χ1v) is 6.42. The maximum Gasteiger partial charge on any atom is 0.354 e. The van der Waals surface area contributed by atoms with Gasteiger partial charge in [-0.15, -0.1) is 0 Å². The van der Waals surface area contributed by atoms with Crippen molar-refractivity contribution in [3.05, 3.63) is 18.0 Å². The SMILES string of the molecule is CS(=O)CCCNc1nccc(C(=O)O)n1. The molecule has 88 valence electrons. The summed E-state index contributed by atoms with van der Waals surface area (Å²) >= 11 is 0. The third-order valence-corrected chi connectivity index (χ3v) is 2.63. The van der Waals surface area contributed by atoms with E-state index in [1.54, 1.807) is 6.26 Å². The van der Waals surface area contributed by atoms with Crippen LogP contribution in [-0.4, -0.2) is 43.8 Å². The Morgan fingerprint density at radius 1 is 1.62 bits per heavy atom. The molecule has 6 nitrogen and oxygen atoms in total. The van der Waals surface area contributed by atoms with E-state index in [-0.39, 0.29) is 11.6 Å². The largest absolute Gasteiger partial charge is 0.477 e. The summed E-state index contributed by atoms with van der Waals surface area (Å²) in [4.78, 5) is 18.3. The fourth-order valence-corrected chi connectivity index (χ4v) is 1.59. The van der Waals surface area contributed by atoms with Crippen LogP contribution in [0.1, 0.15) is 16.9 Å². The van der Waals surface area contributed by atoms with E-state index < -0.39 is 16.8 Å². The topological polar surface area (TPSA) is 92.2 Å². The van der Waals surface area contributed by atoms with E-state index in [0.717, 1.165) is 6.42 Å². The van der Waals surface area contributed by atoms with Crippen molar-refractivity contribution < 1.29 is 14.1 Å². The van der Waals surface area contributed by atoms with Crippen LogP contribution in [0.3, 0.4) is 0 Å². The van der Waals surface area contributed by atoms with Crippen LogP contribution in [0.5, 0.6) is 0 Å². The van der Waals surface area contributed by atoms with Crippen molar-refractivity contribution in [3.63, 3.8) is 0 Å². The second-order valence-electron chi connectivity index (χ2n) is 3.13. The average Bonchev–Trinajstić information content (AvgIpc) is 2.24. The summed E-state index contributed by atoms with van der Waals surface area (Å²) in [7, 11) is -0.810. The standard InChI is InChI=1S/C9H13N3O3S/c1-16(15)6-2-4-10-9-11-5-3-7(12-9)8(13)14/h3,5H,2,4,6H2,1H3,(H,13,14)(H,10,11,12). The summed E-state index contributed by atoms with van der Waals surface area (Å²) < 4.78 is 10.8. The van der Waals surface area contributed by atoms with E-state index in [2.05, 4.69) is 15.3 Å². The molecule has 0 fully saturated rings. The first-order valence-electron chi connectivity index (χ1n) is 4.70. The molecule has 1 aromatic heterocycles. The van der Waals surface area contributed by atoms with Crippen LogP contribution >= 0.6 is 0 Å². The number of nitrogens with zero attached hydrogens (tertiary/aromatic N) is 2. The zero-order chi connectivity index (χ0) is 12.0. The minimum absolute atomic E-state index is 0.0448. The Labute approximate surface area is 95.6 Å².